The zero-order chi connectivity index (χ0) is 18.4. The summed E-state index contributed by atoms with van der Waals surface area (Å²) in [6.07, 6.45) is 0.213. The van der Waals surface area contributed by atoms with Crippen LogP contribution in [-0.2, 0) is 22.4 Å². The van der Waals surface area contributed by atoms with Gasteiger partial charge in [0.1, 0.15) is 6.04 Å². The van der Waals surface area contributed by atoms with Crippen molar-refractivity contribution in [2.75, 3.05) is 0 Å². The van der Waals surface area contributed by atoms with E-state index in [2.05, 4.69) is 27.9 Å². The number of nitrogens with zero attached hydrogens (tertiary/aromatic N) is 1. The smallest absolute Gasteiger partial charge is 0.269 e. The Morgan fingerprint density at radius 2 is 1.84 bits per heavy atom. The average Bonchev–Trinajstić information content (AvgIpc) is 2.54. The molecule has 0 saturated heterocycles. The summed E-state index contributed by atoms with van der Waals surface area (Å²) in [5, 5.41) is 13.4. The van der Waals surface area contributed by atoms with Crippen LogP contribution in [0.3, 0.4) is 0 Å². The summed E-state index contributed by atoms with van der Waals surface area (Å²) >= 11 is 2.16. The van der Waals surface area contributed by atoms with Gasteiger partial charge >= 0.3 is 0 Å². The van der Waals surface area contributed by atoms with Crippen molar-refractivity contribution < 1.29 is 14.5 Å². The molecule has 0 heterocycles. The minimum absolute atomic E-state index is 0.0716. The molecule has 7 nitrogen and oxygen atoms in total. The summed E-state index contributed by atoms with van der Waals surface area (Å²) in [6.45, 7) is 0. The van der Waals surface area contributed by atoms with Crippen LogP contribution in [0.25, 0.3) is 0 Å². The van der Waals surface area contributed by atoms with Gasteiger partial charge in [0.2, 0.25) is 11.8 Å². The molecule has 0 bridgehead atoms. The molecule has 2 aromatic rings. The normalized spacial score (nSPS) is 11.6. The summed E-state index contributed by atoms with van der Waals surface area (Å²) in [6, 6.07) is 12.5. The molecule has 0 unspecified atom stereocenters. The maximum absolute atomic E-state index is 12.2. The van der Waals surface area contributed by atoms with E-state index in [1.807, 2.05) is 24.3 Å². The van der Waals surface area contributed by atoms with Gasteiger partial charge in [-0.1, -0.05) is 24.3 Å². The lowest BCUT2D eigenvalue weighted by atomic mass is 10.0. The van der Waals surface area contributed by atoms with E-state index in [1.54, 1.807) is 6.07 Å². The number of nitrogens with two attached hydrogens (primary N) is 1. The highest BCUT2D eigenvalue weighted by Crippen LogP contribution is 2.14. The van der Waals surface area contributed by atoms with Gasteiger partial charge in [0.25, 0.3) is 5.69 Å². The van der Waals surface area contributed by atoms with Crippen molar-refractivity contribution in [1.29, 1.82) is 0 Å². The number of nitro groups is 1. The molecule has 3 N–H and O–H groups in total. The molecule has 2 aromatic carbocycles. The van der Waals surface area contributed by atoms with Gasteiger partial charge in [-0.05, 0) is 45.9 Å². The molecule has 1 atom stereocenters. The zero-order valence-corrected chi connectivity index (χ0v) is 15.3. The topological polar surface area (TPSA) is 115 Å². The Labute approximate surface area is 157 Å². The quantitative estimate of drug-likeness (QED) is 0.379. The van der Waals surface area contributed by atoms with Crippen LogP contribution in [0.2, 0.25) is 0 Å². The molecule has 2 rings (SSSR count). The molecular weight excluding hydrogens is 437 g/mol. The number of benzene rings is 2. The average molecular weight is 453 g/mol. The van der Waals surface area contributed by atoms with Crippen LogP contribution in [0.4, 0.5) is 5.69 Å². The number of amides is 2. The Bertz CT molecular complexity index is 810. The van der Waals surface area contributed by atoms with Gasteiger partial charge in [0.05, 0.1) is 11.3 Å². The second kappa shape index (κ2) is 8.56. The Morgan fingerprint density at radius 1 is 1.16 bits per heavy atom. The predicted octanol–water partition coefficient (Wildman–Crippen LogP) is 1.95. The first kappa shape index (κ1) is 18.8. The first-order chi connectivity index (χ1) is 11.8. The van der Waals surface area contributed by atoms with Gasteiger partial charge in [-0.3, -0.25) is 19.7 Å². The maximum atomic E-state index is 12.2. The third kappa shape index (κ3) is 5.82. The van der Waals surface area contributed by atoms with Crippen molar-refractivity contribution in [3.63, 3.8) is 0 Å². The van der Waals surface area contributed by atoms with E-state index in [1.165, 1.54) is 18.2 Å². The number of halogens is 1. The van der Waals surface area contributed by atoms with Gasteiger partial charge < -0.3 is 11.1 Å². The Hall–Kier alpha value is -2.49. The summed E-state index contributed by atoms with van der Waals surface area (Å²) in [5.41, 5.74) is 6.67. The first-order valence-corrected chi connectivity index (χ1v) is 8.49. The van der Waals surface area contributed by atoms with E-state index in [-0.39, 0.29) is 18.5 Å². The van der Waals surface area contributed by atoms with Crippen LogP contribution in [0, 0.1) is 13.7 Å². The molecule has 25 heavy (non-hydrogen) atoms. The standard InChI is InChI=1S/C17H16IN3O4/c18-13-5-1-3-11(7-13)9-15(17(19)23)20-16(22)10-12-4-2-6-14(8-12)21(24)25/h1-8,15H,9-10H2,(H2,19,23)(H,20,22)/t15-/m1/s1. The lowest BCUT2D eigenvalue weighted by Gasteiger charge is -2.16. The molecule has 0 spiro atoms. The number of nitrogens with one attached hydrogen (secondary N) is 1. The van der Waals surface area contributed by atoms with Crippen LogP contribution >= 0.6 is 22.6 Å². The summed E-state index contributed by atoms with van der Waals surface area (Å²) in [5.74, 6) is -1.05. The lowest BCUT2D eigenvalue weighted by Crippen LogP contribution is -2.46. The number of non-ortho nitro benzene ring substituents is 1. The molecule has 8 heteroatoms. The Morgan fingerprint density at radius 3 is 2.48 bits per heavy atom. The highest BCUT2D eigenvalue weighted by atomic mass is 127. The maximum Gasteiger partial charge on any atom is 0.269 e. The molecule has 0 aromatic heterocycles. The molecule has 0 aliphatic rings. The summed E-state index contributed by atoms with van der Waals surface area (Å²) < 4.78 is 1.02. The number of hydrogen-bond acceptors (Lipinski definition) is 4. The predicted molar refractivity (Wildman–Crippen MR) is 101 cm³/mol. The second-order valence-corrected chi connectivity index (χ2v) is 6.71. The van der Waals surface area contributed by atoms with Crippen molar-refractivity contribution >= 4 is 40.1 Å². The number of hydrogen-bond donors (Lipinski definition) is 2. The van der Waals surface area contributed by atoms with Crippen molar-refractivity contribution in [3.8, 4) is 0 Å². The fraction of sp³-hybridized carbons (Fsp3) is 0.176. The second-order valence-electron chi connectivity index (χ2n) is 5.46. The molecule has 0 fully saturated rings. The van der Waals surface area contributed by atoms with Gasteiger partial charge in [0.15, 0.2) is 0 Å². The minimum atomic E-state index is -0.843. The van der Waals surface area contributed by atoms with E-state index < -0.39 is 22.8 Å². The minimum Gasteiger partial charge on any atom is -0.368 e. The highest BCUT2D eigenvalue weighted by Gasteiger charge is 2.19. The van der Waals surface area contributed by atoms with E-state index >= 15 is 0 Å². The third-order valence-corrected chi connectivity index (χ3v) is 4.16. The lowest BCUT2D eigenvalue weighted by molar-refractivity contribution is -0.384. The molecule has 0 aliphatic heterocycles. The number of primary amides is 1. The van der Waals surface area contributed by atoms with E-state index in [0.29, 0.717) is 5.56 Å². The van der Waals surface area contributed by atoms with Crippen LogP contribution in [0.1, 0.15) is 11.1 Å². The third-order valence-electron chi connectivity index (χ3n) is 3.49. The van der Waals surface area contributed by atoms with Crippen LogP contribution in [-0.4, -0.2) is 22.8 Å². The number of carbonyl (C=O) groups is 2. The van der Waals surface area contributed by atoms with E-state index in [0.717, 1.165) is 9.13 Å². The zero-order valence-electron chi connectivity index (χ0n) is 13.1. The summed E-state index contributed by atoms with van der Waals surface area (Å²) in [4.78, 5) is 34.1. The fourth-order valence-electron chi connectivity index (χ4n) is 2.33. The van der Waals surface area contributed by atoms with Crippen molar-refractivity contribution in [2.45, 2.75) is 18.9 Å². The van der Waals surface area contributed by atoms with Crippen molar-refractivity contribution in [2.24, 2.45) is 5.73 Å². The molecule has 0 aliphatic carbocycles. The number of carbonyl (C=O) groups excluding carboxylic acids is 2. The molecular formula is C17H16IN3O4. The first-order valence-electron chi connectivity index (χ1n) is 7.41. The van der Waals surface area contributed by atoms with Gasteiger partial charge in [-0.25, -0.2) is 0 Å². The van der Waals surface area contributed by atoms with E-state index in [4.69, 9.17) is 5.73 Å². The number of rotatable bonds is 7. The molecule has 130 valence electrons. The Kier molecular flexibility index (Phi) is 6.45. The van der Waals surface area contributed by atoms with Crippen molar-refractivity contribution in [3.05, 3.63) is 73.3 Å². The number of nitro benzene ring substituents is 1. The van der Waals surface area contributed by atoms with Gasteiger partial charge in [0, 0.05) is 22.1 Å². The molecule has 2 amide bonds. The monoisotopic (exact) mass is 453 g/mol. The van der Waals surface area contributed by atoms with E-state index in [9.17, 15) is 19.7 Å². The molecule has 0 saturated carbocycles. The summed E-state index contributed by atoms with van der Waals surface area (Å²) in [7, 11) is 0. The largest absolute Gasteiger partial charge is 0.368 e. The van der Waals surface area contributed by atoms with Gasteiger partial charge in [-0.2, -0.15) is 0 Å². The van der Waals surface area contributed by atoms with Crippen LogP contribution < -0.4 is 11.1 Å². The highest BCUT2D eigenvalue weighted by molar-refractivity contribution is 14.1. The Balaban J connectivity index is 2.04. The fourth-order valence-corrected chi connectivity index (χ4v) is 2.94. The molecule has 0 radical (unpaired) electrons. The van der Waals surface area contributed by atoms with Crippen molar-refractivity contribution in [1.82, 2.24) is 5.32 Å². The van der Waals surface area contributed by atoms with Crippen LogP contribution in [0.15, 0.2) is 48.5 Å². The van der Waals surface area contributed by atoms with Gasteiger partial charge in [-0.15, -0.1) is 0 Å². The SMILES string of the molecule is NC(=O)[C@@H](Cc1cccc(I)c1)NC(=O)Cc1cccc([N+](=O)[O-])c1. The van der Waals surface area contributed by atoms with Crippen LogP contribution in [0.5, 0.6) is 0 Å².